The molecule has 0 spiro atoms. The number of carboxylic acids is 1. The lowest BCUT2D eigenvalue weighted by Gasteiger charge is -2.07. The lowest BCUT2D eigenvalue weighted by molar-refractivity contribution is 0.0696. The highest BCUT2D eigenvalue weighted by Gasteiger charge is 2.07. The van der Waals surface area contributed by atoms with Crippen LogP contribution < -0.4 is 5.56 Å². The van der Waals surface area contributed by atoms with Crippen LogP contribution in [-0.2, 0) is 6.54 Å². The normalized spacial score (nSPS) is 10.3. The Balaban J connectivity index is 2.40. The zero-order chi connectivity index (χ0) is 13.1. The molecule has 0 amide bonds. The van der Waals surface area contributed by atoms with E-state index in [9.17, 15) is 14.0 Å². The molecular formula is C13H10FNO3. The molecule has 18 heavy (non-hydrogen) atoms. The van der Waals surface area contributed by atoms with Crippen LogP contribution >= 0.6 is 0 Å². The van der Waals surface area contributed by atoms with Crippen LogP contribution in [0.3, 0.4) is 0 Å². The van der Waals surface area contributed by atoms with Gasteiger partial charge < -0.3 is 9.67 Å². The summed E-state index contributed by atoms with van der Waals surface area (Å²) in [5, 5.41) is 8.83. The maximum atomic E-state index is 13.4. The second kappa shape index (κ2) is 4.83. The van der Waals surface area contributed by atoms with Gasteiger partial charge in [0.05, 0.1) is 12.1 Å². The standard InChI is InChI=1S/C13H10FNO3/c14-11-4-2-1-3-9(11)7-15-8-10(13(17)18)5-6-12(15)16/h1-6,8H,7H2,(H,17,18). The number of hydrogen-bond donors (Lipinski definition) is 1. The maximum absolute atomic E-state index is 13.4. The Morgan fingerprint density at radius 3 is 2.61 bits per heavy atom. The molecule has 0 fully saturated rings. The summed E-state index contributed by atoms with van der Waals surface area (Å²) in [5.74, 6) is -1.55. The summed E-state index contributed by atoms with van der Waals surface area (Å²) in [6.07, 6.45) is 1.21. The highest BCUT2D eigenvalue weighted by molar-refractivity contribution is 5.87. The Kier molecular flexibility index (Phi) is 3.23. The fourth-order valence-electron chi connectivity index (χ4n) is 1.59. The first kappa shape index (κ1) is 12.0. The zero-order valence-corrected chi connectivity index (χ0v) is 9.34. The Morgan fingerprint density at radius 1 is 1.22 bits per heavy atom. The molecule has 5 heteroatoms. The quantitative estimate of drug-likeness (QED) is 0.898. The Morgan fingerprint density at radius 2 is 1.94 bits per heavy atom. The number of benzene rings is 1. The molecule has 0 saturated carbocycles. The van der Waals surface area contributed by atoms with E-state index in [1.165, 1.54) is 22.9 Å². The fourth-order valence-corrected chi connectivity index (χ4v) is 1.59. The first-order valence-electron chi connectivity index (χ1n) is 5.25. The van der Waals surface area contributed by atoms with Gasteiger partial charge in [0.25, 0.3) is 5.56 Å². The number of hydrogen-bond acceptors (Lipinski definition) is 2. The van der Waals surface area contributed by atoms with Gasteiger partial charge in [0.15, 0.2) is 0 Å². The summed E-state index contributed by atoms with van der Waals surface area (Å²) in [4.78, 5) is 22.4. The van der Waals surface area contributed by atoms with E-state index in [1.807, 2.05) is 0 Å². The number of carbonyl (C=O) groups is 1. The molecule has 0 atom stereocenters. The maximum Gasteiger partial charge on any atom is 0.337 e. The molecule has 0 saturated heterocycles. The Hall–Kier alpha value is -2.43. The number of halogens is 1. The van der Waals surface area contributed by atoms with Crippen molar-refractivity contribution >= 4 is 5.97 Å². The van der Waals surface area contributed by atoms with Gasteiger partial charge in [-0.15, -0.1) is 0 Å². The minimum atomic E-state index is -1.13. The van der Waals surface area contributed by atoms with Crippen molar-refractivity contribution < 1.29 is 14.3 Å². The SMILES string of the molecule is O=C(O)c1ccc(=O)n(Cc2ccccc2F)c1. The molecule has 1 aromatic carbocycles. The van der Waals surface area contributed by atoms with Gasteiger partial charge in [-0.1, -0.05) is 18.2 Å². The third-order valence-electron chi connectivity index (χ3n) is 2.53. The average molecular weight is 247 g/mol. The lowest BCUT2D eigenvalue weighted by Crippen LogP contribution is -2.21. The second-order valence-corrected chi connectivity index (χ2v) is 3.78. The number of pyridine rings is 1. The number of carboxylic acid groups (broad SMARTS) is 1. The molecule has 1 N–H and O–H groups in total. The van der Waals surface area contributed by atoms with E-state index in [2.05, 4.69) is 0 Å². The van der Waals surface area contributed by atoms with E-state index in [4.69, 9.17) is 5.11 Å². The third-order valence-corrected chi connectivity index (χ3v) is 2.53. The number of nitrogens with zero attached hydrogens (tertiary/aromatic N) is 1. The van der Waals surface area contributed by atoms with E-state index in [0.29, 0.717) is 5.56 Å². The van der Waals surface area contributed by atoms with Crippen LogP contribution in [0.25, 0.3) is 0 Å². The summed E-state index contributed by atoms with van der Waals surface area (Å²) in [6, 6.07) is 8.43. The summed E-state index contributed by atoms with van der Waals surface area (Å²) < 4.78 is 14.6. The van der Waals surface area contributed by atoms with Gasteiger partial charge >= 0.3 is 5.97 Å². The number of rotatable bonds is 3. The smallest absolute Gasteiger partial charge is 0.337 e. The van der Waals surface area contributed by atoms with Crippen LogP contribution in [0.15, 0.2) is 47.4 Å². The molecular weight excluding hydrogens is 237 g/mol. The molecule has 4 nitrogen and oxygen atoms in total. The van der Waals surface area contributed by atoms with Crippen molar-refractivity contribution in [1.29, 1.82) is 0 Å². The van der Waals surface area contributed by atoms with Crippen molar-refractivity contribution in [2.45, 2.75) is 6.54 Å². The summed E-state index contributed by atoms with van der Waals surface area (Å²) in [6.45, 7) is 0.00657. The molecule has 0 aliphatic heterocycles. The number of aromatic nitrogens is 1. The molecule has 0 bridgehead atoms. The van der Waals surface area contributed by atoms with Crippen molar-refractivity contribution in [2.75, 3.05) is 0 Å². The Labute approximate surface area is 102 Å². The Bertz CT molecular complexity index is 649. The molecule has 92 valence electrons. The third kappa shape index (κ3) is 2.45. The predicted molar refractivity (Wildman–Crippen MR) is 63.2 cm³/mol. The summed E-state index contributed by atoms with van der Waals surface area (Å²) in [5.41, 5.74) is -0.0451. The highest BCUT2D eigenvalue weighted by atomic mass is 19.1. The molecule has 0 unspecified atom stereocenters. The van der Waals surface area contributed by atoms with Crippen LogP contribution in [0.4, 0.5) is 4.39 Å². The van der Waals surface area contributed by atoms with Crippen molar-refractivity contribution in [3.63, 3.8) is 0 Å². The van der Waals surface area contributed by atoms with Crippen LogP contribution in [0, 0.1) is 5.82 Å². The average Bonchev–Trinajstić information content (AvgIpc) is 2.34. The molecule has 0 aliphatic carbocycles. The van der Waals surface area contributed by atoms with E-state index in [0.717, 1.165) is 6.07 Å². The van der Waals surface area contributed by atoms with Crippen molar-refractivity contribution in [1.82, 2.24) is 4.57 Å². The van der Waals surface area contributed by atoms with Crippen LogP contribution in [0.2, 0.25) is 0 Å². The largest absolute Gasteiger partial charge is 0.478 e. The minimum Gasteiger partial charge on any atom is -0.478 e. The van der Waals surface area contributed by atoms with E-state index >= 15 is 0 Å². The number of aromatic carboxylic acids is 1. The summed E-state index contributed by atoms with van der Waals surface area (Å²) in [7, 11) is 0. The fraction of sp³-hybridized carbons (Fsp3) is 0.0769. The molecule has 0 aliphatic rings. The van der Waals surface area contributed by atoms with E-state index in [-0.39, 0.29) is 17.7 Å². The first-order valence-corrected chi connectivity index (χ1v) is 5.25. The van der Waals surface area contributed by atoms with Crippen molar-refractivity contribution in [2.24, 2.45) is 0 Å². The van der Waals surface area contributed by atoms with E-state index < -0.39 is 11.8 Å². The van der Waals surface area contributed by atoms with Gasteiger partial charge in [-0.3, -0.25) is 4.79 Å². The zero-order valence-electron chi connectivity index (χ0n) is 9.34. The van der Waals surface area contributed by atoms with Crippen LogP contribution in [-0.4, -0.2) is 15.6 Å². The minimum absolute atomic E-state index is 0.00657. The lowest BCUT2D eigenvalue weighted by atomic mass is 10.2. The van der Waals surface area contributed by atoms with Gasteiger partial charge in [0.2, 0.25) is 0 Å². The van der Waals surface area contributed by atoms with Crippen molar-refractivity contribution in [3.05, 3.63) is 69.9 Å². The topological polar surface area (TPSA) is 59.3 Å². The first-order chi connectivity index (χ1) is 8.58. The van der Waals surface area contributed by atoms with E-state index in [1.54, 1.807) is 18.2 Å². The second-order valence-electron chi connectivity index (χ2n) is 3.78. The molecule has 2 rings (SSSR count). The predicted octanol–water partition coefficient (Wildman–Crippen LogP) is 1.73. The van der Waals surface area contributed by atoms with Gasteiger partial charge in [0, 0.05) is 17.8 Å². The molecule has 0 radical (unpaired) electrons. The molecule has 1 heterocycles. The van der Waals surface area contributed by atoms with Crippen molar-refractivity contribution in [3.8, 4) is 0 Å². The van der Waals surface area contributed by atoms with Crippen LogP contribution in [0.5, 0.6) is 0 Å². The van der Waals surface area contributed by atoms with Gasteiger partial charge in [-0.05, 0) is 12.1 Å². The van der Waals surface area contributed by atoms with Gasteiger partial charge in [-0.25, -0.2) is 9.18 Å². The monoisotopic (exact) mass is 247 g/mol. The summed E-state index contributed by atoms with van der Waals surface area (Å²) >= 11 is 0. The molecule has 1 aromatic heterocycles. The van der Waals surface area contributed by atoms with Gasteiger partial charge in [0.1, 0.15) is 5.82 Å². The van der Waals surface area contributed by atoms with Crippen LogP contribution in [0.1, 0.15) is 15.9 Å². The van der Waals surface area contributed by atoms with Gasteiger partial charge in [-0.2, -0.15) is 0 Å². The molecule has 2 aromatic rings. The highest BCUT2D eigenvalue weighted by Crippen LogP contribution is 2.08.